The lowest BCUT2D eigenvalue weighted by Crippen LogP contribution is -2.44. The zero-order valence-electron chi connectivity index (χ0n) is 20.5. The standard InChI is InChI=1S/C26H30O9/c1-14-21(24(32)33-5)25(2,3)12-16(22(14)31)10-18(27)17-11-20(30)35-23(15-7-9-34-13-15)26(17,4)8-6-19(28)29/h7,9,11-14,21,23H,6,8,10H2,1-5H3,(H,28,29)/t14-,21+,23+,26-/m1/s1. The normalized spacial score (nSPS) is 28.0. The van der Waals surface area contributed by atoms with E-state index in [0.29, 0.717) is 5.56 Å². The molecular formula is C26H30O9. The molecule has 0 fully saturated rings. The number of ketones is 2. The van der Waals surface area contributed by atoms with Crippen molar-refractivity contribution in [2.75, 3.05) is 7.11 Å². The van der Waals surface area contributed by atoms with Gasteiger partial charge in [-0.15, -0.1) is 0 Å². The first-order chi connectivity index (χ1) is 16.3. The molecule has 0 bridgehead atoms. The van der Waals surface area contributed by atoms with Crippen molar-refractivity contribution in [1.29, 1.82) is 0 Å². The van der Waals surface area contributed by atoms with Crippen LogP contribution in [0, 0.1) is 22.7 Å². The summed E-state index contributed by atoms with van der Waals surface area (Å²) in [7, 11) is 1.27. The molecule has 2 heterocycles. The molecule has 0 saturated heterocycles. The van der Waals surface area contributed by atoms with E-state index >= 15 is 0 Å². The average Bonchev–Trinajstić information content (AvgIpc) is 3.31. The molecule has 1 aromatic rings. The van der Waals surface area contributed by atoms with Crippen LogP contribution in [0.3, 0.4) is 0 Å². The quantitative estimate of drug-likeness (QED) is 0.546. The molecule has 0 amide bonds. The Morgan fingerprint density at radius 1 is 1.17 bits per heavy atom. The van der Waals surface area contributed by atoms with Crippen LogP contribution in [0.25, 0.3) is 0 Å². The summed E-state index contributed by atoms with van der Waals surface area (Å²) >= 11 is 0. The summed E-state index contributed by atoms with van der Waals surface area (Å²) in [5.41, 5.74) is -1.08. The number of hydrogen-bond acceptors (Lipinski definition) is 8. The smallest absolute Gasteiger partial charge is 0.331 e. The summed E-state index contributed by atoms with van der Waals surface area (Å²) in [6.45, 7) is 6.89. The first kappa shape index (κ1) is 26.1. The van der Waals surface area contributed by atoms with Crippen molar-refractivity contribution in [2.24, 2.45) is 22.7 Å². The Morgan fingerprint density at radius 3 is 2.43 bits per heavy atom. The van der Waals surface area contributed by atoms with Crippen LogP contribution in [0.2, 0.25) is 0 Å². The zero-order chi connectivity index (χ0) is 26.1. The van der Waals surface area contributed by atoms with Crippen LogP contribution < -0.4 is 0 Å². The Hall–Kier alpha value is -3.49. The number of Topliss-reactive ketones (excluding diaryl/α,β-unsaturated/α-hetero) is 2. The van der Waals surface area contributed by atoms with Gasteiger partial charge < -0.3 is 19.0 Å². The number of cyclic esters (lactones) is 1. The lowest BCUT2D eigenvalue weighted by molar-refractivity contribution is -0.155. The number of rotatable bonds is 8. The third kappa shape index (κ3) is 4.99. The van der Waals surface area contributed by atoms with E-state index in [4.69, 9.17) is 13.9 Å². The molecule has 0 saturated carbocycles. The third-order valence-electron chi connectivity index (χ3n) is 7.08. The molecule has 1 aliphatic carbocycles. The Balaban J connectivity index is 1.99. The molecule has 188 valence electrons. The Labute approximate surface area is 203 Å². The van der Waals surface area contributed by atoms with E-state index in [1.165, 1.54) is 19.6 Å². The van der Waals surface area contributed by atoms with Crippen molar-refractivity contribution >= 4 is 29.5 Å². The first-order valence-corrected chi connectivity index (χ1v) is 11.4. The van der Waals surface area contributed by atoms with Crippen LogP contribution in [0.5, 0.6) is 0 Å². The number of aliphatic carboxylic acids is 1. The van der Waals surface area contributed by atoms with Crippen molar-refractivity contribution in [3.8, 4) is 0 Å². The molecule has 9 nitrogen and oxygen atoms in total. The number of carbonyl (C=O) groups is 5. The number of carboxylic acid groups (broad SMARTS) is 1. The topological polar surface area (TPSA) is 137 Å². The van der Waals surface area contributed by atoms with Crippen LogP contribution in [0.15, 0.2) is 46.3 Å². The molecule has 4 atom stereocenters. The van der Waals surface area contributed by atoms with Crippen LogP contribution in [-0.4, -0.2) is 41.7 Å². The number of methoxy groups -OCH3 is 1. The van der Waals surface area contributed by atoms with E-state index in [9.17, 15) is 29.1 Å². The largest absolute Gasteiger partial charge is 0.481 e. The summed E-state index contributed by atoms with van der Waals surface area (Å²) in [4.78, 5) is 62.9. The molecular weight excluding hydrogens is 456 g/mol. The van der Waals surface area contributed by atoms with E-state index in [-0.39, 0.29) is 36.2 Å². The SMILES string of the molecule is COC(=O)[C@@H]1[C@@H](C)C(=O)C(CC(=O)C2=CC(=O)O[C@@H](c3ccoc3)[C@]2(C)CCC(=O)O)=CC1(C)C. The molecule has 3 rings (SSSR count). The molecule has 0 spiro atoms. The number of carbonyl (C=O) groups excluding carboxylic acids is 4. The van der Waals surface area contributed by atoms with E-state index in [0.717, 1.165) is 6.08 Å². The van der Waals surface area contributed by atoms with Crippen molar-refractivity contribution in [1.82, 2.24) is 0 Å². The second-order valence-corrected chi connectivity index (χ2v) is 9.99. The number of carboxylic acids is 1. The lowest BCUT2D eigenvalue weighted by atomic mass is 9.63. The number of esters is 2. The monoisotopic (exact) mass is 486 g/mol. The molecule has 1 aromatic heterocycles. The number of hydrogen-bond donors (Lipinski definition) is 1. The highest BCUT2D eigenvalue weighted by molar-refractivity contribution is 6.10. The van der Waals surface area contributed by atoms with Gasteiger partial charge in [0.1, 0.15) is 6.10 Å². The summed E-state index contributed by atoms with van der Waals surface area (Å²) in [6.07, 6.45) is 4.01. The maximum Gasteiger partial charge on any atom is 0.331 e. The predicted octanol–water partition coefficient (Wildman–Crippen LogP) is 3.59. The van der Waals surface area contributed by atoms with E-state index < -0.39 is 52.5 Å². The lowest BCUT2D eigenvalue weighted by Gasteiger charge is -2.41. The van der Waals surface area contributed by atoms with Crippen LogP contribution in [0.1, 0.15) is 58.6 Å². The average molecular weight is 487 g/mol. The van der Waals surface area contributed by atoms with E-state index in [2.05, 4.69) is 0 Å². The van der Waals surface area contributed by atoms with Crippen LogP contribution >= 0.6 is 0 Å². The summed E-state index contributed by atoms with van der Waals surface area (Å²) < 4.78 is 15.5. The van der Waals surface area contributed by atoms with Crippen LogP contribution in [0.4, 0.5) is 0 Å². The Morgan fingerprint density at radius 2 is 1.86 bits per heavy atom. The predicted molar refractivity (Wildman–Crippen MR) is 122 cm³/mol. The Bertz CT molecular complexity index is 1110. The highest BCUT2D eigenvalue weighted by Crippen LogP contribution is 2.50. The van der Waals surface area contributed by atoms with Gasteiger partial charge in [-0.2, -0.15) is 0 Å². The summed E-state index contributed by atoms with van der Waals surface area (Å²) in [6, 6.07) is 1.59. The minimum absolute atomic E-state index is 0.0162. The molecule has 0 aromatic carbocycles. The molecule has 0 radical (unpaired) electrons. The molecule has 35 heavy (non-hydrogen) atoms. The molecule has 9 heteroatoms. The van der Waals surface area contributed by atoms with Gasteiger partial charge >= 0.3 is 17.9 Å². The highest BCUT2D eigenvalue weighted by Gasteiger charge is 2.49. The number of ether oxygens (including phenoxy) is 2. The number of furan rings is 1. The van der Waals surface area contributed by atoms with Gasteiger partial charge in [-0.25, -0.2) is 4.79 Å². The summed E-state index contributed by atoms with van der Waals surface area (Å²) in [5.74, 6) is -4.53. The van der Waals surface area contributed by atoms with Gasteiger partial charge in [-0.1, -0.05) is 33.8 Å². The van der Waals surface area contributed by atoms with Gasteiger partial charge in [-0.3, -0.25) is 19.2 Å². The second-order valence-electron chi connectivity index (χ2n) is 9.99. The summed E-state index contributed by atoms with van der Waals surface area (Å²) in [5, 5.41) is 9.30. The second kappa shape index (κ2) is 9.64. The van der Waals surface area contributed by atoms with Crippen molar-refractivity contribution in [3.05, 3.63) is 47.5 Å². The fourth-order valence-corrected chi connectivity index (χ4v) is 5.33. The first-order valence-electron chi connectivity index (χ1n) is 11.4. The van der Waals surface area contributed by atoms with Gasteiger partial charge in [0.25, 0.3) is 0 Å². The minimum atomic E-state index is -1.17. The van der Waals surface area contributed by atoms with Gasteiger partial charge in [0, 0.05) is 41.4 Å². The van der Waals surface area contributed by atoms with Crippen molar-refractivity contribution in [2.45, 2.75) is 53.1 Å². The van der Waals surface area contributed by atoms with Gasteiger partial charge in [0.05, 0.1) is 25.6 Å². The fourth-order valence-electron chi connectivity index (χ4n) is 5.33. The maximum atomic E-state index is 13.6. The highest BCUT2D eigenvalue weighted by atomic mass is 16.5. The van der Waals surface area contributed by atoms with E-state index in [1.807, 2.05) is 0 Å². The van der Waals surface area contributed by atoms with Crippen LogP contribution in [-0.2, 0) is 33.4 Å². The third-order valence-corrected chi connectivity index (χ3v) is 7.08. The maximum absolute atomic E-state index is 13.6. The zero-order valence-corrected chi connectivity index (χ0v) is 20.5. The van der Waals surface area contributed by atoms with Crippen molar-refractivity contribution in [3.63, 3.8) is 0 Å². The van der Waals surface area contributed by atoms with E-state index in [1.54, 1.807) is 39.8 Å². The van der Waals surface area contributed by atoms with Gasteiger partial charge in [0.2, 0.25) is 0 Å². The van der Waals surface area contributed by atoms with Gasteiger partial charge in [0.15, 0.2) is 11.6 Å². The van der Waals surface area contributed by atoms with Crippen molar-refractivity contribution < 1.29 is 43.0 Å². The molecule has 2 aliphatic rings. The minimum Gasteiger partial charge on any atom is -0.481 e. The molecule has 1 N–H and O–H groups in total. The fraction of sp³-hybridized carbons (Fsp3) is 0.500. The Kier molecular flexibility index (Phi) is 7.19. The molecule has 1 aliphatic heterocycles. The number of allylic oxidation sites excluding steroid dienone is 2. The van der Waals surface area contributed by atoms with Gasteiger partial charge in [-0.05, 0) is 23.5 Å². The molecule has 0 unspecified atom stereocenters.